The minimum atomic E-state index is -0.245. The number of ether oxygens (including phenoxy) is 1. The Morgan fingerprint density at radius 1 is 1.67 bits per heavy atom. The molecule has 0 aromatic heterocycles. The van der Waals surface area contributed by atoms with Crippen LogP contribution in [0.4, 0.5) is 0 Å². The second-order valence-corrected chi connectivity index (χ2v) is 2.97. The van der Waals surface area contributed by atoms with Crippen LogP contribution in [0.3, 0.4) is 0 Å². The molecule has 0 aliphatic heterocycles. The summed E-state index contributed by atoms with van der Waals surface area (Å²) in [4.78, 5) is 0. The highest BCUT2D eigenvalue weighted by Gasteiger charge is 2.10. The standard InChI is InChI=1S/C10H18N4O/c1-4-9(5-2)15-10(11)6-8(14-12)7-13-3/h4-5,8,11-13H,1,6-7H2,2-3H3. The number of allylic oxidation sites excluding steroid dienone is 2. The Bertz CT molecular complexity index is 260. The van der Waals surface area contributed by atoms with E-state index in [-0.39, 0.29) is 11.9 Å². The average Bonchev–Trinajstić information content (AvgIpc) is 2.25. The van der Waals surface area contributed by atoms with Crippen LogP contribution in [0.2, 0.25) is 0 Å². The Morgan fingerprint density at radius 3 is 2.73 bits per heavy atom. The molecule has 84 valence electrons. The van der Waals surface area contributed by atoms with Gasteiger partial charge in [-0.25, -0.2) is 5.53 Å². The van der Waals surface area contributed by atoms with Crippen LogP contribution in [0.25, 0.3) is 0 Å². The molecule has 0 aromatic rings. The zero-order valence-corrected chi connectivity index (χ0v) is 9.21. The van der Waals surface area contributed by atoms with Gasteiger partial charge in [0.25, 0.3) is 0 Å². The summed E-state index contributed by atoms with van der Waals surface area (Å²) in [5.41, 5.74) is 6.93. The van der Waals surface area contributed by atoms with Gasteiger partial charge in [-0.15, -0.1) is 0 Å². The van der Waals surface area contributed by atoms with Crippen molar-refractivity contribution in [3.63, 3.8) is 0 Å². The molecule has 0 fully saturated rings. The van der Waals surface area contributed by atoms with Gasteiger partial charge in [0.1, 0.15) is 5.76 Å². The monoisotopic (exact) mass is 210 g/mol. The lowest BCUT2D eigenvalue weighted by atomic mass is 10.2. The van der Waals surface area contributed by atoms with Gasteiger partial charge < -0.3 is 10.1 Å². The summed E-state index contributed by atoms with van der Waals surface area (Å²) in [5.74, 6) is 0.646. The molecule has 0 aromatic carbocycles. The van der Waals surface area contributed by atoms with Gasteiger partial charge in [-0.05, 0) is 26.1 Å². The fourth-order valence-corrected chi connectivity index (χ4v) is 1.02. The van der Waals surface area contributed by atoms with E-state index in [1.165, 1.54) is 0 Å². The summed E-state index contributed by atoms with van der Waals surface area (Å²) in [6.07, 6.45) is 3.58. The van der Waals surface area contributed by atoms with Crippen LogP contribution in [-0.2, 0) is 4.74 Å². The second-order valence-electron chi connectivity index (χ2n) is 2.97. The van der Waals surface area contributed by atoms with Crippen LogP contribution in [0.15, 0.2) is 29.6 Å². The van der Waals surface area contributed by atoms with Crippen molar-refractivity contribution in [1.29, 1.82) is 10.9 Å². The zero-order chi connectivity index (χ0) is 11.7. The van der Waals surface area contributed by atoms with Crippen LogP contribution in [0, 0.1) is 10.9 Å². The van der Waals surface area contributed by atoms with E-state index in [2.05, 4.69) is 17.0 Å². The molecule has 0 spiro atoms. The van der Waals surface area contributed by atoms with Crippen molar-refractivity contribution < 1.29 is 4.74 Å². The van der Waals surface area contributed by atoms with Crippen LogP contribution < -0.4 is 5.32 Å². The van der Waals surface area contributed by atoms with Gasteiger partial charge in [0.15, 0.2) is 5.90 Å². The van der Waals surface area contributed by atoms with Gasteiger partial charge >= 0.3 is 0 Å². The second kappa shape index (κ2) is 7.87. The van der Waals surface area contributed by atoms with E-state index >= 15 is 0 Å². The maximum atomic E-state index is 7.56. The van der Waals surface area contributed by atoms with Crippen molar-refractivity contribution in [2.24, 2.45) is 5.11 Å². The Labute approximate surface area is 90.2 Å². The SMILES string of the molecule is C=CC(=CC)OC(=N)CC(CNC)N=N. The first-order valence-electron chi connectivity index (χ1n) is 4.73. The first-order valence-corrected chi connectivity index (χ1v) is 4.73. The molecule has 1 unspecified atom stereocenters. The fraction of sp³-hybridized carbons (Fsp3) is 0.500. The fourth-order valence-electron chi connectivity index (χ4n) is 1.02. The Hall–Kier alpha value is -1.49. The number of likely N-dealkylation sites (N-methyl/N-ethyl adjacent to an activating group) is 1. The molecule has 5 heteroatoms. The molecule has 0 radical (unpaired) electrons. The summed E-state index contributed by atoms with van der Waals surface area (Å²) in [7, 11) is 1.78. The van der Waals surface area contributed by atoms with E-state index in [1.807, 2.05) is 6.92 Å². The minimum Gasteiger partial charge on any atom is -0.444 e. The third-order valence-corrected chi connectivity index (χ3v) is 1.77. The van der Waals surface area contributed by atoms with Crippen LogP contribution >= 0.6 is 0 Å². The number of nitrogens with zero attached hydrogens (tertiary/aromatic N) is 1. The Kier molecular flexibility index (Phi) is 7.09. The lowest BCUT2D eigenvalue weighted by molar-refractivity contribution is 0.404. The van der Waals surface area contributed by atoms with Gasteiger partial charge in [-0.3, -0.25) is 5.41 Å². The Balaban J connectivity index is 4.11. The van der Waals surface area contributed by atoms with Crippen LogP contribution in [-0.4, -0.2) is 25.5 Å². The normalized spacial score (nSPS) is 13.1. The molecule has 0 saturated heterocycles. The minimum absolute atomic E-state index is 0.0965. The van der Waals surface area contributed by atoms with E-state index in [0.29, 0.717) is 18.7 Å². The molecular weight excluding hydrogens is 192 g/mol. The lowest BCUT2D eigenvalue weighted by Crippen LogP contribution is -2.24. The molecule has 3 N–H and O–H groups in total. The maximum absolute atomic E-state index is 7.56. The Morgan fingerprint density at radius 2 is 2.33 bits per heavy atom. The van der Waals surface area contributed by atoms with E-state index in [1.54, 1.807) is 19.2 Å². The molecule has 0 aliphatic rings. The zero-order valence-electron chi connectivity index (χ0n) is 9.21. The number of nitrogens with one attached hydrogen (secondary N) is 3. The number of rotatable bonds is 7. The predicted molar refractivity (Wildman–Crippen MR) is 60.2 cm³/mol. The highest BCUT2D eigenvalue weighted by atomic mass is 16.5. The van der Waals surface area contributed by atoms with Crippen molar-refractivity contribution in [3.05, 3.63) is 24.5 Å². The predicted octanol–water partition coefficient (Wildman–Crippen LogP) is 2.08. The first-order chi connectivity index (χ1) is 7.17. The van der Waals surface area contributed by atoms with E-state index in [0.717, 1.165) is 0 Å². The summed E-state index contributed by atoms with van der Waals surface area (Å²) in [6, 6.07) is -0.245. The summed E-state index contributed by atoms with van der Waals surface area (Å²) in [5, 5.41) is 13.9. The maximum Gasteiger partial charge on any atom is 0.189 e. The largest absolute Gasteiger partial charge is 0.444 e. The van der Waals surface area contributed by atoms with Crippen molar-refractivity contribution >= 4 is 5.90 Å². The van der Waals surface area contributed by atoms with Crippen molar-refractivity contribution in [2.75, 3.05) is 13.6 Å². The molecule has 0 saturated carbocycles. The molecule has 5 nitrogen and oxygen atoms in total. The first kappa shape index (κ1) is 13.5. The molecule has 0 amide bonds. The summed E-state index contributed by atoms with van der Waals surface area (Å²) in [6.45, 7) is 5.93. The molecule has 1 atom stereocenters. The van der Waals surface area contributed by atoms with E-state index in [9.17, 15) is 0 Å². The van der Waals surface area contributed by atoms with Crippen molar-refractivity contribution in [3.8, 4) is 0 Å². The quantitative estimate of drug-likeness (QED) is 0.198. The van der Waals surface area contributed by atoms with Gasteiger partial charge in [0.2, 0.25) is 0 Å². The van der Waals surface area contributed by atoms with E-state index in [4.69, 9.17) is 15.7 Å². The summed E-state index contributed by atoms with van der Waals surface area (Å²) >= 11 is 0. The molecule has 0 heterocycles. The highest BCUT2D eigenvalue weighted by Crippen LogP contribution is 2.05. The molecule has 15 heavy (non-hydrogen) atoms. The lowest BCUT2D eigenvalue weighted by Gasteiger charge is -2.11. The number of hydrogen-bond acceptors (Lipinski definition) is 5. The van der Waals surface area contributed by atoms with Gasteiger partial charge in [-0.1, -0.05) is 6.58 Å². The van der Waals surface area contributed by atoms with Gasteiger partial charge in [0.05, 0.1) is 6.04 Å². The smallest absolute Gasteiger partial charge is 0.189 e. The van der Waals surface area contributed by atoms with Crippen LogP contribution in [0.1, 0.15) is 13.3 Å². The average molecular weight is 210 g/mol. The molecular formula is C10H18N4O. The third kappa shape index (κ3) is 5.74. The van der Waals surface area contributed by atoms with Crippen LogP contribution in [0.5, 0.6) is 0 Å². The third-order valence-electron chi connectivity index (χ3n) is 1.77. The van der Waals surface area contributed by atoms with Gasteiger partial charge in [0, 0.05) is 13.0 Å². The van der Waals surface area contributed by atoms with E-state index < -0.39 is 0 Å². The summed E-state index contributed by atoms with van der Waals surface area (Å²) < 4.78 is 5.18. The highest BCUT2D eigenvalue weighted by molar-refractivity contribution is 5.74. The molecule has 0 aliphatic carbocycles. The topological polar surface area (TPSA) is 81.3 Å². The van der Waals surface area contributed by atoms with Crippen molar-refractivity contribution in [2.45, 2.75) is 19.4 Å². The molecule has 0 bridgehead atoms. The number of hydrogen-bond donors (Lipinski definition) is 3. The molecule has 0 rings (SSSR count). The van der Waals surface area contributed by atoms with Gasteiger partial charge in [-0.2, -0.15) is 5.11 Å². The van der Waals surface area contributed by atoms with Crippen molar-refractivity contribution in [1.82, 2.24) is 5.32 Å².